The van der Waals surface area contributed by atoms with Crippen molar-refractivity contribution in [1.29, 1.82) is 0 Å². The lowest BCUT2D eigenvalue weighted by Crippen LogP contribution is -2.39. The highest BCUT2D eigenvalue weighted by Gasteiger charge is 2.13. The maximum atomic E-state index is 5.89. The summed E-state index contributed by atoms with van der Waals surface area (Å²) in [7, 11) is 1.81. The molecule has 1 aliphatic rings. The monoisotopic (exact) mass is 475 g/mol. The second kappa shape index (κ2) is 13.3. The van der Waals surface area contributed by atoms with Crippen molar-refractivity contribution in [3.8, 4) is 0 Å². The molecular weight excluding hydrogens is 441 g/mol. The number of aryl methyl sites for hydroxylation is 1. The van der Waals surface area contributed by atoms with Gasteiger partial charge in [-0.15, -0.1) is 24.0 Å². The summed E-state index contributed by atoms with van der Waals surface area (Å²) >= 11 is 0. The fraction of sp³-hybridized carbons (Fsp3) is 0.650. The number of aliphatic imine (C=N–C) groups is 1. The van der Waals surface area contributed by atoms with Crippen molar-refractivity contribution in [2.24, 2.45) is 4.99 Å². The minimum Gasteiger partial charge on any atom is -0.381 e. The third kappa shape index (κ3) is 8.22. The SMILES string of the molecule is CCc1ccc(C(C)NC(=NC)NCCCOC2CCOCC2)cc1.I. The molecule has 2 rings (SSSR count). The van der Waals surface area contributed by atoms with Gasteiger partial charge in [0.2, 0.25) is 0 Å². The zero-order chi connectivity index (χ0) is 17.9. The van der Waals surface area contributed by atoms with Gasteiger partial charge in [0.25, 0.3) is 0 Å². The Morgan fingerprint density at radius 3 is 2.58 bits per heavy atom. The normalized spacial score (nSPS) is 16.7. The average Bonchev–Trinajstić information content (AvgIpc) is 2.67. The fourth-order valence-corrected chi connectivity index (χ4v) is 2.90. The van der Waals surface area contributed by atoms with Gasteiger partial charge in [-0.25, -0.2) is 0 Å². The number of hydrogen-bond acceptors (Lipinski definition) is 3. The average molecular weight is 475 g/mol. The summed E-state index contributed by atoms with van der Waals surface area (Å²) in [4.78, 5) is 4.31. The van der Waals surface area contributed by atoms with E-state index in [2.05, 4.69) is 53.7 Å². The number of rotatable bonds is 8. The smallest absolute Gasteiger partial charge is 0.191 e. The first-order valence-electron chi connectivity index (χ1n) is 9.48. The van der Waals surface area contributed by atoms with Crippen LogP contribution in [0.4, 0.5) is 0 Å². The van der Waals surface area contributed by atoms with Crippen molar-refractivity contribution in [2.45, 2.75) is 51.7 Å². The number of guanidine groups is 1. The van der Waals surface area contributed by atoms with E-state index in [4.69, 9.17) is 9.47 Å². The molecule has 2 N–H and O–H groups in total. The number of nitrogens with one attached hydrogen (secondary N) is 2. The Labute approximate surface area is 175 Å². The van der Waals surface area contributed by atoms with Crippen LogP contribution < -0.4 is 10.6 Å². The van der Waals surface area contributed by atoms with Crippen LogP contribution in [0.25, 0.3) is 0 Å². The van der Waals surface area contributed by atoms with E-state index in [1.165, 1.54) is 11.1 Å². The van der Waals surface area contributed by atoms with Crippen molar-refractivity contribution >= 4 is 29.9 Å². The van der Waals surface area contributed by atoms with Crippen LogP contribution in [-0.2, 0) is 15.9 Å². The van der Waals surface area contributed by atoms with Crippen molar-refractivity contribution in [1.82, 2.24) is 10.6 Å². The first-order valence-corrected chi connectivity index (χ1v) is 9.48. The fourth-order valence-electron chi connectivity index (χ4n) is 2.90. The highest BCUT2D eigenvalue weighted by molar-refractivity contribution is 14.0. The zero-order valence-corrected chi connectivity index (χ0v) is 18.6. The van der Waals surface area contributed by atoms with Gasteiger partial charge in [0.1, 0.15) is 0 Å². The lowest BCUT2D eigenvalue weighted by Gasteiger charge is -2.22. The van der Waals surface area contributed by atoms with Crippen LogP contribution in [0.2, 0.25) is 0 Å². The molecule has 0 amide bonds. The first kappa shape index (κ1) is 23.2. The Morgan fingerprint density at radius 1 is 1.27 bits per heavy atom. The highest BCUT2D eigenvalue weighted by Crippen LogP contribution is 2.13. The van der Waals surface area contributed by atoms with Crippen LogP contribution in [-0.4, -0.2) is 45.5 Å². The quantitative estimate of drug-likeness (QED) is 0.261. The predicted octanol–water partition coefficient (Wildman–Crippen LogP) is 3.68. The predicted molar refractivity (Wildman–Crippen MR) is 119 cm³/mol. The summed E-state index contributed by atoms with van der Waals surface area (Å²) in [6.07, 6.45) is 4.45. The molecule has 1 aromatic rings. The van der Waals surface area contributed by atoms with E-state index >= 15 is 0 Å². The van der Waals surface area contributed by atoms with Gasteiger partial charge in [0, 0.05) is 33.4 Å². The van der Waals surface area contributed by atoms with Gasteiger partial charge in [0.05, 0.1) is 12.1 Å². The Kier molecular flexibility index (Phi) is 11.9. The van der Waals surface area contributed by atoms with E-state index in [0.29, 0.717) is 6.10 Å². The van der Waals surface area contributed by atoms with Crippen LogP contribution in [0.15, 0.2) is 29.3 Å². The summed E-state index contributed by atoms with van der Waals surface area (Å²) in [5.41, 5.74) is 2.63. The lowest BCUT2D eigenvalue weighted by atomic mass is 10.1. The Bertz CT molecular complexity index is 516. The Morgan fingerprint density at radius 2 is 1.96 bits per heavy atom. The number of hydrogen-bond donors (Lipinski definition) is 2. The molecule has 5 nitrogen and oxygen atoms in total. The topological polar surface area (TPSA) is 54.9 Å². The van der Waals surface area contributed by atoms with Crippen molar-refractivity contribution < 1.29 is 9.47 Å². The summed E-state index contributed by atoms with van der Waals surface area (Å²) in [5, 5.41) is 6.81. The minimum absolute atomic E-state index is 0. The third-order valence-electron chi connectivity index (χ3n) is 4.60. The first-order chi connectivity index (χ1) is 12.2. The molecule has 1 aromatic carbocycles. The number of ether oxygens (including phenoxy) is 2. The summed E-state index contributed by atoms with van der Waals surface area (Å²) in [6.45, 7) is 7.62. The van der Waals surface area contributed by atoms with Crippen LogP contribution >= 0.6 is 24.0 Å². The second-order valence-corrected chi connectivity index (χ2v) is 6.50. The Hall–Kier alpha value is -0.860. The molecule has 6 heteroatoms. The van der Waals surface area contributed by atoms with E-state index < -0.39 is 0 Å². The molecule has 148 valence electrons. The van der Waals surface area contributed by atoms with Gasteiger partial charge in [-0.1, -0.05) is 31.2 Å². The molecule has 1 unspecified atom stereocenters. The molecular formula is C20H34IN3O2. The zero-order valence-electron chi connectivity index (χ0n) is 16.3. The van der Waals surface area contributed by atoms with Crippen LogP contribution in [0.1, 0.15) is 50.3 Å². The van der Waals surface area contributed by atoms with Gasteiger partial charge in [-0.3, -0.25) is 4.99 Å². The molecule has 0 radical (unpaired) electrons. The number of nitrogens with zero attached hydrogens (tertiary/aromatic N) is 1. The number of benzene rings is 1. The van der Waals surface area contributed by atoms with Gasteiger partial charge >= 0.3 is 0 Å². The second-order valence-electron chi connectivity index (χ2n) is 6.50. The minimum atomic E-state index is 0. The number of halogens is 1. The van der Waals surface area contributed by atoms with Gasteiger partial charge in [0.15, 0.2) is 5.96 Å². The maximum absolute atomic E-state index is 5.89. The molecule has 0 aromatic heterocycles. The van der Waals surface area contributed by atoms with Crippen LogP contribution in [0.5, 0.6) is 0 Å². The molecule has 0 bridgehead atoms. The van der Waals surface area contributed by atoms with E-state index in [9.17, 15) is 0 Å². The van der Waals surface area contributed by atoms with E-state index in [1.54, 1.807) is 7.05 Å². The molecule has 0 aliphatic carbocycles. The highest BCUT2D eigenvalue weighted by atomic mass is 127. The van der Waals surface area contributed by atoms with Crippen LogP contribution in [0, 0.1) is 0 Å². The summed E-state index contributed by atoms with van der Waals surface area (Å²) in [6, 6.07) is 8.97. The molecule has 1 heterocycles. The van der Waals surface area contributed by atoms with Crippen molar-refractivity contribution in [3.05, 3.63) is 35.4 Å². The molecule has 0 spiro atoms. The molecule has 26 heavy (non-hydrogen) atoms. The Balaban J connectivity index is 0.00000338. The van der Waals surface area contributed by atoms with Gasteiger partial charge in [-0.2, -0.15) is 0 Å². The standard InChI is InChI=1S/C20H33N3O2.HI/c1-4-17-6-8-18(9-7-17)16(2)23-20(21-3)22-12-5-13-25-19-10-14-24-15-11-19;/h6-9,16,19H,4-5,10-15H2,1-3H3,(H2,21,22,23);1H. The van der Waals surface area contributed by atoms with Crippen molar-refractivity contribution in [3.63, 3.8) is 0 Å². The molecule has 0 saturated carbocycles. The lowest BCUT2D eigenvalue weighted by molar-refractivity contribution is -0.0320. The maximum Gasteiger partial charge on any atom is 0.191 e. The van der Waals surface area contributed by atoms with Gasteiger partial charge < -0.3 is 20.1 Å². The molecule has 1 aliphatic heterocycles. The molecule has 1 fully saturated rings. The summed E-state index contributed by atoms with van der Waals surface area (Å²) in [5.74, 6) is 0.832. The van der Waals surface area contributed by atoms with Gasteiger partial charge in [-0.05, 0) is 43.7 Å². The largest absolute Gasteiger partial charge is 0.381 e. The molecule has 1 saturated heterocycles. The van der Waals surface area contributed by atoms with Crippen molar-refractivity contribution in [2.75, 3.05) is 33.4 Å². The van der Waals surface area contributed by atoms with E-state index in [0.717, 1.165) is 58.0 Å². The van der Waals surface area contributed by atoms with Crippen LogP contribution in [0.3, 0.4) is 0 Å². The van der Waals surface area contributed by atoms with E-state index in [-0.39, 0.29) is 30.0 Å². The van der Waals surface area contributed by atoms with E-state index in [1.807, 2.05) is 0 Å². The molecule has 1 atom stereocenters. The third-order valence-corrected chi connectivity index (χ3v) is 4.60. The summed E-state index contributed by atoms with van der Waals surface area (Å²) < 4.78 is 11.2.